The predicted octanol–water partition coefficient (Wildman–Crippen LogP) is 3.50. The fourth-order valence-corrected chi connectivity index (χ4v) is 5.09. The number of carbonyl (C=O) groups is 1. The molecular formula is C22H26F2N2O3S. The molecule has 1 fully saturated rings. The number of nitrogens with one attached hydrogen (secondary N) is 1. The molecule has 0 spiro atoms. The summed E-state index contributed by atoms with van der Waals surface area (Å²) in [5.74, 6) is -2.62. The van der Waals surface area contributed by atoms with E-state index in [2.05, 4.69) is 17.4 Å². The molecule has 2 aromatic carbocycles. The summed E-state index contributed by atoms with van der Waals surface area (Å²) >= 11 is 0. The molecule has 0 aliphatic carbocycles. The second-order valence-electron chi connectivity index (χ2n) is 7.69. The first-order valence-electron chi connectivity index (χ1n) is 10.1. The van der Waals surface area contributed by atoms with Crippen LogP contribution >= 0.6 is 0 Å². The molecule has 1 amide bonds. The van der Waals surface area contributed by atoms with Crippen LogP contribution in [-0.4, -0.2) is 37.8 Å². The summed E-state index contributed by atoms with van der Waals surface area (Å²) in [7, 11) is -3.92. The van der Waals surface area contributed by atoms with E-state index in [1.54, 1.807) is 0 Å². The predicted molar refractivity (Wildman–Crippen MR) is 110 cm³/mol. The van der Waals surface area contributed by atoms with Gasteiger partial charge in [0.05, 0.1) is 4.90 Å². The highest BCUT2D eigenvalue weighted by atomic mass is 32.2. The Kier molecular flexibility index (Phi) is 7.20. The molecule has 1 aliphatic rings. The fraction of sp³-hybridized carbons (Fsp3) is 0.409. The molecule has 0 radical (unpaired) electrons. The summed E-state index contributed by atoms with van der Waals surface area (Å²) in [6.45, 7) is 2.29. The molecule has 1 atom stereocenters. The molecule has 0 aromatic heterocycles. The molecule has 162 valence electrons. The number of halogens is 2. The molecule has 8 heteroatoms. The van der Waals surface area contributed by atoms with Crippen LogP contribution in [-0.2, 0) is 21.2 Å². The summed E-state index contributed by atoms with van der Waals surface area (Å²) in [4.78, 5) is 12.3. The molecule has 0 saturated carbocycles. The molecule has 2 aromatic rings. The number of aryl methyl sites for hydroxylation is 1. The molecule has 0 bridgehead atoms. The van der Waals surface area contributed by atoms with Crippen LogP contribution in [0.2, 0.25) is 0 Å². The van der Waals surface area contributed by atoms with Crippen LogP contribution in [0.5, 0.6) is 0 Å². The number of amides is 1. The highest BCUT2D eigenvalue weighted by molar-refractivity contribution is 7.89. The minimum atomic E-state index is -3.92. The third-order valence-electron chi connectivity index (χ3n) is 5.45. The molecule has 3 rings (SSSR count). The zero-order valence-electron chi connectivity index (χ0n) is 16.9. The molecule has 1 heterocycles. The maximum absolute atomic E-state index is 13.4. The van der Waals surface area contributed by atoms with Crippen molar-refractivity contribution < 1.29 is 22.0 Å². The normalized spacial score (nSPS) is 16.9. The number of hydrogen-bond donors (Lipinski definition) is 1. The summed E-state index contributed by atoms with van der Waals surface area (Å²) in [5.41, 5.74) is 1.22. The molecule has 1 saturated heterocycles. The van der Waals surface area contributed by atoms with Crippen molar-refractivity contribution in [1.82, 2.24) is 9.62 Å². The number of rotatable bonds is 7. The average molecular weight is 437 g/mol. The van der Waals surface area contributed by atoms with Crippen LogP contribution in [0, 0.1) is 17.6 Å². The van der Waals surface area contributed by atoms with E-state index in [0.29, 0.717) is 18.9 Å². The number of hydrogen-bond acceptors (Lipinski definition) is 3. The van der Waals surface area contributed by atoms with Crippen molar-refractivity contribution in [3.8, 4) is 0 Å². The monoisotopic (exact) mass is 436 g/mol. The Bertz CT molecular complexity index is 975. The Morgan fingerprint density at radius 1 is 1.10 bits per heavy atom. The second kappa shape index (κ2) is 9.66. The maximum Gasteiger partial charge on any atom is 0.243 e. The first kappa shape index (κ1) is 22.4. The van der Waals surface area contributed by atoms with Crippen molar-refractivity contribution in [2.75, 3.05) is 13.1 Å². The molecule has 0 unspecified atom stereocenters. The highest BCUT2D eigenvalue weighted by Gasteiger charge is 2.32. The first-order chi connectivity index (χ1) is 14.3. The molecular weight excluding hydrogens is 410 g/mol. The van der Waals surface area contributed by atoms with Crippen molar-refractivity contribution in [2.24, 2.45) is 5.92 Å². The number of benzene rings is 2. The van der Waals surface area contributed by atoms with Crippen molar-refractivity contribution in [3.63, 3.8) is 0 Å². The lowest BCUT2D eigenvalue weighted by Crippen LogP contribution is -2.44. The summed E-state index contributed by atoms with van der Waals surface area (Å²) in [6, 6.07) is 12.6. The lowest BCUT2D eigenvalue weighted by atomic mass is 9.96. The van der Waals surface area contributed by atoms with Gasteiger partial charge < -0.3 is 5.32 Å². The third kappa shape index (κ3) is 5.43. The van der Waals surface area contributed by atoms with Gasteiger partial charge in [-0.15, -0.1) is 0 Å². The fourth-order valence-electron chi connectivity index (χ4n) is 3.61. The Morgan fingerprint density at radius 3 is 2.40 bits per heavy atom. The van der Waals surface area contributed by atoms with E-state index in [4.69, 9.17) is 0 Å². The third-order valence-corrected chi connectivity index (χ3v) is 7.35. The first-order valence-corrected chi connectivity index (χ1v) is 11.5. The van der Waals surface area contributed by atoms with Gasteiger partial charge in [-0.05, 0) is 56.4 Å². The van der Waals surface area contributed by atoms with Gasteiger partial charge in [-0.3, -0.25) is 4.79 Å². The lowest BCUT2D eigenvalue weighted by molar-refractivity contribution is -0.126. The van der Waals surface area contributed by atoms with Crippen LogP contribution in [0.15, 0.2) is 53.4 Å². The van der Waals surface area contributed by atoms with E-state index >= 15 is 0 Å². The smallest absolute Gasteiger partial charge is 0.243 e. The van der Waals surface area contributed by atoms with Gasteiger partial charge >= 0.3 is 0 Å². The minimum absolute atomic E-state index is 0.0154. The number of nitrogens with zero attached hydrogens (tertiary/aromatic N) is 1. The van der Waals surface area contributed by atoms with Gasteiger partial charge in [0.2, 0.25) is 15.9 Å². The standard InChI is InChI=1S/C22H26F2N2O3S/c1-16(7-8-17-5-3-2-4-6-17)25-22(27)18-11-13-26(14-12-18)30(28,29)19-9-10-20(23)21(24)15-19/h2-6,9-10,15-16,18H,7-8,11-14H2,1H3,(H,25,27)/t16-/m0/s1. The minimum Gasteiger partial charge on any atom is -0.353 e. The van der Waals surface area contributed by atoms with Gasteiger partial charge in [-0.25, -0.2) is 17.2 Å². The van der Waals surface area contributed by atoms with Gasteiger partial charge in [0.1, 0.15) is 0 Å². The molecule has 5 nitrogen and oxygen atoms in total. The zero-order valence-corrected chi connectivity index (χ0v) is 17.7. The van der Waals surface area contributed by atoms with E-state index in [9.17, 15) is 22.0 Å². The average Bonchev–Trinajstić information content (AvgIpc) is 2.75. The van der Waals surface area contributed by atoms with Gasteiger partial charge in [-0.2, -0.15) is 4.31 Å². The Balaban J connectivity index is 1.50. The van der Waals surface area contributed by atoms with Crippen LogP contribution < -0.4 is 5.32 Å². The SMILES string of the molecule is C[C@@H](CCc1ccccc1)NC(=O)C1CCN(S(=O)(=O)c2ccc(F)c(F)c2)CC1. The van der Waals surface area contributed by atoms with Crippen molar-refractivity contribution in [3.05, 3.63) is 65.7 Å². The van der Waals surface area contributed by atoms with Crippen molar-refractivity contribution >= 4 is 15.9 Å². The maximum atomic E-state index is 13.4. The number of carbonyl (C=O) groups excluding carboxylic acids is 1. The quantitative estimate of drug-likeness (QED) is 0.723. The van der Waals surface area contributed by atoms with E-state index in [-0.39, 0.29) is 35.9 Å². The zero-order chi connectivity index (χ0) is 21.7. The van der Waals surface area contributed by atoms with E-state index in [0.717, 1.165) is 25.0 Å². The van der Waals surface area contributed by atoms with Gasteiger partial charge in [0, 0.05) is 25.0 Å². The van der Waals surface area contributed by atoms with Gasteiger partial charge in [-0.1, -0.05) is 30.3 Å². The number of sulfonamides is 1. The molecule has 1 N–H and O–H groups in total. The summed E-state index contributed by atoms with van der Waals surface area (Å²) < 4.78 is 53.1. The Labute approximate surface area is 176 Å². The van der Waals surface area contributed by atoms with Crippen LogP contribution in [0.4, 0.5) is 8.78 Å². The van der Waals surface area contributed by atoms with Crippen molar-refractivity contribution in [2.45, 2.75) is 43.5 Å². The van der Waals surface area contributed by atoms with E-state index < -0.39 is 21.7 Å². The van der Waals surface area contributed by atoms with Crippen molar-refractivity contribution in [1.29, 1.82) is 0 Å². The van der Waals surface area contributed by atoms with Gasteiger partial charge in [0.15, 0.2) is 11.6 Å². The summed E-state index contributed by atoms with van der Waals surface area (Å²) in [6.07, 6.45) is 2.46. The van der Waals surface area contributed by atoms with E-state index in [1.165, 1.54) is 9.87 Å². The Morgan fingerprint density at radius 2 is 1.77 bits per heavy atom. The van der Waals surface area contributed by atoms with E-state index in [1.807, 2.05) is 25.1 Å². The highest BCUT2D eigenvalue weighted by Crippen LogP contribution is 2.25. The Hall–Kier alpha value is -2.32. The number of piperidine rings is 1. The second-order valence-corrected chi connectivity index (χ2v) is 9.63. The topological polar surface area (TPSA) is 66.5 Å². The largest absolute Gasteiger partial charge is 0.353 e. The van der Waals surface area contributed by atoms with Crippen LogP contribution in [0.3, 0.4) is 0 Å². The van der Waals surface area contributed by atoms with Gasteiger partial charge in [0.25, 0.3) is 0 Å². The van der Waals surface area contributed by atoms with Crippen LogP contribution in [0.25, 0.3) is 0 Å². The molecule has 30 heavy (non-hydrogen) atoms. The lowest BCUT2D eigenvalue weighted by Gasteiger charge is -2.31. The van der Waals surface area contributed by atoms with Crippen LogP contribution in [0.1, 0.15) is 31.7 Å². The summed E-state index contributed by atoms with van der Waals surface area (Å²) in [5, 5.41) is 3.02. The molecule has 1 aliphatic heterocycles.